The lowest BCUT2D eigenvalue weighted by Gasteiger charge is -2.31. The van der Waals surface area contributed by atoms with Crippen molar-refractivity contribution in [2.45, 2.75) is 32.3 Å². The molecule has 0 aromatic heterocycles. The lowest BCUT2D eigenvalue weighted by Crippen LogP contribution is -2.33. The molecule has 0 saturated carbocycles. The Balaban J connectivity index is 1.74. The molecule has 0 bridgehead atoms. The molecule has 27 heavy (non-hydrogen) atoms. The van der Waals surface area contributed by atoms with Crippen molar-refractivity contribution in [3.8, 4) is 5.75 Å². The first-order chi connectivity index (χ1) is 13.0. The largest absolute Gasteiger partial charge is 0.479 e. The maximum absolute atomic E-state index is 12.7. The van der Waals surface area contributed by atoms with Gasteiger partial charge in [0.2, 0.25) is 0 Å². The lowest BCUT2D eigenvalue weighted by molar-refractivity contribution is -0.122. The van der Waals surface area contributed by atoms with Gasteiger partial charge in [0.25, 0.3) is 5.91 Å². The number of carbonyl (C=O) groups is 1. The van der Waals surface area contributed by atoms with Crippen molar-refractivity contribution < 1.29 is 9.53 Å². The topological polar surface area (TPSA) is 41.6 Å². The van der Waals surface area contributed by atoms with Crippen LogP contribution >= 0.6 is 34.8 Å². The first-order valence-corrected chi connectivity index (χ1v) is 10.0. The third kappa shape index (κ3) is 5.01. The summed E-state index contributed by atoms with van der Waals surface area (Å²) in [6, 6.07) is 10.4. The molecule has 2 aromatic carbocycles. The fourth-order valence-electron chi connectivity index (χ4n) is 3.10. The summed E-state index contributed by atoms with van der Waals surface area (Å²) < 4.78 is 5.70. The number of para-hydroxylation sites is 1. The molecule has 0 unspecified atom stereocenters. The average Bonchev–Trinajstić information content (AvgIpc) is 2.64. The Morgan fingerprint density at radius 2 is 1.81 bits per heavy atom. The minimum absolute atomic E-state index is 0.276. The molecule has 1 saturated heterocycles. The molecule has 0 aliphatic carbocycles. The van der Waals surface area contributed by atoms with Gasteiger partial charge in [0.05, 0.1) is 21.4 Å². The first-order valence-electron chi connectivity index (χ1n) is 8.92. The Bertz CT molecular complexity index is 823. The quantitative estimate of drug-likeness (QED) is 0.632. The van der Waals surface area contributed by atoms with E-state index in [2.05, 4.69) is 10.2 Å². The summed E-state index contributed by atoms with van der Waals surface area (Å²) in [5.74, 6) is 0.132. The van der Waals surface area contributed by atoms with Gasteiger partial charge in [-0.05, 0) is 56.5 Å². The number of carbonyl (C=O) groups excluding carboxylic acids is 1. The molecule has 1 amide bonds. The minimum Gasteiger partial charge on any atom is -0.479 e. The van der Waals surface area contributed by atoms with Gasteiger partial charge in [-0.3, -0.25) is 4.79 Å². The van der Waals surface area contributed by atoms with E-state index in [-0.39, 0.29) is 5.91 Å². The van der Waals surface area contributed by atoms with Crippen LogP contribution in [0.25, 0.3) is 0 Å². The zero-order valence-corrected chi connectivity index (χ0v) is 17.2. The number of hydrogen-bond acceptors (Lipinski definition) is 3. The molecule has 0 radical (unpaired) electrons. The van der Waals surface area contributed by atoms with Crippen molar-refractivity contribution >= 4 is 52.1 Å². The molecule has 1 fully saturated rings. The number of nitrogens with zero attached hydrogens (tertiary/aromatic N) is 1. The van der Waals surface area contributed by atoms with Gasteiger partial charge in [-0.1, -0.05) is 40.9 Å². The van der Waals surface area contributed by atoms with Crippen molar-refractivity contribution in [2.24, 2.45) is 0 Å². The summed E-state index contributed by atoms with van der Waals surface area (Å²) in [4.78, 5) is 14.9. The second kappa shape index (κ2) is 9.05. The van der Waals surface area contributed by atoms with Crippen LogP contribution in [0.4, 0.5) is 11.4 Å². The number of amides is 1. The van der Waals surface area contributed by atoms with Crippen molar-refractivity contribution in [1.29, 1.82) is 0 Å². The van der Waals surface area contributed by atoms with Gasteiger partial charge in [-0.15, -0.1) is 0 Å². The first kappa shape index (κ1) is 20.1. The van der Waals surface area contributed by atoms with Crippen LogP contribution in [0.5, 0.6) is 5.75 Å². The molecule has 4 nitrogen and oxygen atoms in total. The van der Waals surface area contributed by atoms with E-state index >= 15 is 0 Å². The van der Waals surface area contributed by atoms with Crippen molar-refractivity contribution in [3.63, 3.8) is 0 Å². The highest BCUT2D eigenvalue weighted by Gasteiger charge is 2.22. The predicted molar refractivity (Wildman–Crippen MR) is 113 cm³/mol. The standard InChI is InChI=1S/C20H21Cl3N2O2/c1-13(27-18-9-8-14(21)12-16(18)23)20(26)24-17-7-5-6-15(22)19(17)25-10-3-2-4-11-25/h5-9,12-13H,2-4,10-11H2,1H3,(H,24,26)/t13-/m0/s1. The highest BCUT2D eigenvalue weighted by molar-refractivity contribution is 6.35. The highest BCUT2D eigenvalue weighted by atomic mass is 35.5. The van der Waals surface area contributed by atoms with E-state index < -0.39 is 6.10 Å². The van der Waals surface area contributed by atoms with E-state index in [1.54, 1.807) is 25.1 Å². The molecular formula is C20H21Cl3N2O2. The SMILES string of the molecule is C[C@H](Oc1ccc(Cl)cc1Cl)C(=O)Nc1cccc(Cl)c1N1CCCCC1. The van der Waals surface area contributed by atoms with E-state index in [1.807, 2.05) is 18.2 Å². The number of ether oxygens (including phenoxy) is 1. The number of halogens is 3. The van der Waals surface area contributed by atoms with Crippen LogP contribution in [-0.2, 0) is 4.79 Å². The van der Waals surface area contributed by atoms with Crippen molar-refractivity contribution in [2.75, 3.05) is 23.3 Å². The molecule has 7 heteroatoms. The summed E-state index contributed by atoms with van der Waals surface area (Å²) >= 11 is 18.5. The van der Waals surface area contributed by atoms with Gasteiger partial charge in [0, 0.05) is 18.1 Å². The number of nitrogens with one attached hydrogen (secondary N) is 1. The molecular weight excluding hydrogens is 407 g/mol. The van der Waals surface area contributed by atoms with E-state index in [0.29, 0.717) is 26.5 Å². The highest BCUT2D eigenvalue weighted by Crippen LogP contribution is 2.36. The number of piperidine rings is 1. The summed E-state index contributed by atoms with van der Waals surface area (Å²) in [6.45, 7) is 3.53. The van der Waals surface area contributed by atoms with E-state index in [1.165, 1.54) is 6.42 Å². The van der Waals surface area contributed by atoms with Crippen LogP contribution in [0.3, 0.4) is 0 Å². The maximum atomic E-state index is 12.7. The molecule has 144 valence electrons. The number of anilines is 2. The number of rotatable bonds is 5. The number of hydrogen-bond donors (Lipinski definition) is 1. The van der Waals surface area contributed by atoms with Crippen LogP contribution in [0.15, 0.2) is 36.4 Å². The van der Waals surface area contributed by atoms with Gasteiger partial charge in [0.15, 0.2) is 6.10 Å². The fourth-order valence-corrected chi connectivity index (χ4v) is 3.85. The predicted octanol–water partition coefficient (Wildman–Crippen LogP) is 6.04. The summed E-state index contributed by atoms with van der Waals surface area (Å²) in [6.07, 6.45) is 2.72. The Kier molecular flexibility index (Phi) is 6.74. The molecule has 0 spiro atoms. The Morgan fingerprint density at radius 1 is 1.07 bits per heavy atom. The molecule has 1 aliphatic rings. The van der Waals surface area contributed by atoms with Crippen LogP contribution in [0.2, 0.25) is 15.1 Å². The van der Waals surface area contributed by atoms with Gasteiger partial charge < -0.3 is 15.0 Å². The van der Waals surface area contributed by atoms with Gasteiger partial charge in [-0.2, -0.15) is 0 Å². The van der Waals surface area contributed by atoms with Crippen LogP contribution < -0.4 is 15.0 Å². The molecule has 1 heterocycles. The maximum Gasteiger partial charge on any atom is 0.265 e. The Hall–Kier alpha value is -1.62. The second-order valence-corrected chi connectivity index (χ2v) is 7.76. The second-order valence-electron chi connectivity index (χ2n) is 6.51. The third-order valence-corrected chi connectivity index (χ3v) is 5.32. The van der Waals surface area contributed by atoms with Crippen LogP contribution in [0, 0.1) is 0 Å². The summed E-state index contributed by atoms with van der Waals surface area (Å²) in [7, 11) is 0. The summed E-state index contributed by atoms with van der Waals surface area (Å²) in [5.41, 5.74) is 1.55. The smallest absolute Gasteiger partial charge is 0.265 e. The molecule has 1 N–H and O–H groups in total. The van der Waals surface area contributed by atoms with Gasteiger partial charge in [-0.25, -0.2) is 0 Å². The van der Waals surface area contributed by atoms with Gasteiger partial charge in [0.1, 0.15) is 5.75 Å². The van der Waals surface area contributed by atoms with Crippen molar-refractivity contribution in [3.05, 3.63) is 51.5 Å². The van der Waals surface area contributed by atoms with Crippen LogP contribution in [-0.4, -0.2) is 25.1 Å². The molecule has 1 atom stereocenters. The Morgan fingerprint density at radius 3 is 2.52 bits per heavy atom. The average molecular weight is 428 g/mol. The zero-order valence-electron chi connectivity index (χ0n) is 15.0. The molecule has 2 aromatic rings. The van der Waals surface area contributed by atoms with E-state index in [0.717, 1.165) is 31.6 Å². The third-order valence-electron chi connectivity index (χ3n) is 4.48. The minimum atomic E-state index is -0.739. The number of benzene rings is 2. The lowest BCUT2D eigenvalue weighted by atomic mass is 10.1. The zero-order chi connectivity index (χ0) is 19.4. The summed E-state index contributed by atoms with van der Waals surface area (Å²) in [5, 5.41) is 4.44. The van der Waals surface area contributed by atoms with E-state index in [4.69, 9.17) is 39.5 Å². The molecule has 3 rings (SSSR count). The van der Waals surface area contributed by atoms with Crippen molar-refractivity contribution in [1.82, 2.24) is 0 Å². The Labute approximate surface area is 174 Å². The molecule has 1 aliphatic heterocycles. The van der Waals surface area contributed by atoms with Gasteiger partial charge >= 0.3 is 0 Å². The normalized spacial score (nSPS) is 15.3. The monoisotopic (exact) mass is 426 g/mol. The van der Waals surface area contributed by atoms with Crippen LogP contribution in [0.1, 0.15) is 26.2 Å². The fraction of sp³-hybridized carbons (Fsp3) is 0.350. The van der Waals surface area contributed by atoms with E-state index in [9.17, 15) is 4.79 Å².